The van der Waals surface area contributed by atoms with Crippen molar-refractivity contribution in [3.63, 3.8) is 0 Å². The fraction of sp³-hybridized carbons (Fsp3) is 0.571. The van der Waals surface area contributed by atoms with E-state index < -0.39 is 18.4 Å². The zero-order valence-electron chi connectivity index (χ0n) is 12.3. The fourth-order valence-corrected chi connectivity index (χ4v) is 7.73. The zero-order valence-corrected chi connectivity index (χ0v) is 14.1. The predicted molar refractivity (Wildman–Crippen MR) is 81.3 cm³/mol. The van der Waals surface area contributed by atoms with Crippen LogP contribution >= 0.6 is 0 Å². The van der Waals surface area contributed by atoms with Crippen molar-refractivity contribution in [3.8, 4) is 0 Å². The van der Waals surface area contributed by atoms with E-state index in [4.69, 9.17) is 3.87 Å². The van der Waals surface area contributed by atoms with Crippen LogP contribution in [0.3, 0.4) is 0 Å². The molecule has 0 atom stereocenters. The number of hydrogen-bond donors (Lipinski definition) is 0. The summed E-state index contributed by atoms with van der Waals surface area (Å²) in [5.74, 6) is 0. The SMILES string of the molecule is CCc1ccc(S(=O)(=O)O[Si](CC)(CC)CC)cc1. The van der Waals surface area contributed by atoms with E-state index in [1.807, 2.05) is 39.8 Å². The normalized spacial score (nSPS) is 12.6. The van der Waals surface area contributed by atoms with Gasteiger partial charge in [-0.25, -0.2) is 0 Å². The Morgan fingerprint density at radius 3 is 1.79 bits per heavy atom. The first-order valence-electron chi connectivity index (χ1n) is 6.97. The maximum atomic E-state index is 12.3. The molecule has 0 aromatic heterocycles. The van der Waals surface area contributed by atoms with E-state index in [1.54, 1.807) is 12.1 Å². The van der Waals surface area contributed by atoms with E-state index in [0.29, 0.717) is 0 Å². The van der Waals surface area contributed by atoms with E-state index >= 15 is 0 Å². The second-order valence-electron chi connectivity index (χ2n) is 4.78. The van der Waals surface area contributed by atoms with Gasteiger partial charge in [0.2, 0.25) is 8.32 Å². The van der Waals surface area contributed by atoms with Gasteiger partial charge in [0.05, 0.1) is 4.90 Å². The Labute approximate surface area is 118 Å². The van der Waals surface area contributed by atoms with E-state index in [2.05, 4.69) is 0 Å². The summed E-state index contributed by atoms with van der Waals surface area (Å²) in [5, 5.41) is 0. The van der Waals surface area contributed by atoms with Gasteiger partial charge in [0, 0.05) is 0 Å². The highest BCUT2D eigenvalue weighted by atomic mass is 32.2. The molecule has 0 unspecified atom stereocenters. The second kappa shape index (κ2) is 6.68. The topological polar surface area (TPSA) is 43.4 Å². The smallest absolute Gasteiger partial charge is 0.287 e. The number of rotatable bonds is 7. The fourth-order valence-electron chi connectivity index (χ4n) is 2.10. The van der Waals surface area contributed by atoms with Crippen LogP contribution in [0, 0.1) is 0 Å². The van der Waals surface area contributed by atoms with Crippen LogP contribution in [0.2, 0.25) is 18.1 Å². The van der Waals surface area contributed by atoms with E-state index in [1.165, 1.54) is 0 Å². The predicted octanol–water partition coefficient (Wildman–Crippen LogP) is 3.96. The Hall–Kier alpha value is -0.653. The maximum Gasteiger partial charge on any atom is 0.287 e. The van der Waals surface area contributed by atoms with Crippen molar-refractivity contribution in [2.45, 2.75) is 57.1 Å². The lowest BCUT2D eigenvalue weighted by molar-refractivity contribution is 0.474. The summed E-state index contributed by atoms with van der Waals surface area (Å²) < 4.78 is 30.3. The lowest BCUT2D eigenvalue weighted by Gasteiger charge is -2.26. The van der Waals surface area contributed by atoms with Gasteiger partial charge >= 0.3 is 0 Å². The third-order valence-corrected chi connectivity index (χ3v) is 10.8. The minimum absolute atomic E-state index is 0.275. The number of aryl methyl sites for hydroxylation is 1. The van der Waals surface area contributed by atoms with Crippen LogP contribution in [0.15, 0.2) is 29.2 Å². The second-order valence-corrected chi connectivity index (χ2v) is 11.3. The lowest BCUT2D eigenvalue weighted by atomic mass is 10.2. The molecule has 0 aliphatic rings. The summed E-state index contributed by atoms with van der Waals surface area (Å²) >= 11 is 0. The molecule has 0 radical (unpaired) electrons. The molecule has 19 heavy (non-hydrogen) atoms. The van der Waals surface area contributed by atoms with Crippen LogP contribution in [-0.2, 0) is 20.4 Å². The quantitative estimate of drug-likeness (QED) is 0.716. The van der Waals surface area contributed by atoms with Crippen molar-refractivity contribution in [1.29, 1.82) is 0 Å². The molecule has 1 aromatic rings. The summed E-state index contributed by atoms with van der Waals surface area (Å²) in [6.45, 7) is 8.11. The van der Waals surface area contributed by atoms with Gasteiger partial charge < -0.3 is 3.87 Å². The Morgan fingerprint density at radius 1 is 0.947 bits per heavy atom. The highest BCUT2D eigenvalue weighted by Gasteiger charge is 2.35. The average Bonchev–Trinajstić information content (AvgIpc) is 2.45. The molecule has 0 saturated carbocycles. The lowest BCUT2D eigenvalue weighted by Crippen LogP contribution is -2.38. The Kier molecular flexibility index (Phi) is 5.76. The minimum Gasteiger partial charge on any atom is -0.311 e. The van der Waals surface area contributed by atoms with Gasteiger partial charge in [0.25, 0.3) is 10.1 Å². The first kappa shape index (κ1) is 16.4. The largest absolute Gasteiger partial charge is 0.311 e. The van der Waals surface area contributed by atoms with Crippen molar-refractivity contribution in [3.05, 3.63) is 29.8 Å². The highest BCUT2D eigenvalue weighted by molar-refractivity contribution is 7.87. The van der Waals surface area contributed by atoms with Crippen molar-refractivity contribution in [1.82, 2.24) is 0 Å². The monoisotopic (exact) mass is 300 g/mol. The standard InChI is InChI=1S/C14H24O3SSi/c1-5-13-9-11-14(12-10-13)18(15,16)17-19(6-2,7-3)8-4/h9-12H,5-8H2,1-4H3. The van der Waals surface area contributed by atoms with Gasteiger partial charge in [-0.05, 0) is 42.2 Å². The number of benzene rings is 1. The molecule has 0 heterocycles. The third kappa shape index (κ3) is 3.90. The van der Waals surface area contributed by atoms with Gasteiger partial charge in [-0.15, -0.1) is 0 Å². The summed E-state index contributed by atoms with van der Waals surface area (Å²) in [5.41, 5.74) is 1.13. The molecule has 3 nitrogen and oxygen atoms in total. The van der Waals surface area contributed by atoms with E-state index in [9.17, 15) is 8.42 Å². The first-order chi connectivity index (χ1) is 8.93. The van der Waals surface area contributed by atoms with Crippen LogP contribution in [0.25, 0.3) is 0 Å². The molecule has 108 valence electrons. The molecule has 0 spiro atoms. The van der Waals surface area contributed by atoms with Crippen LogP contribution in [0.5, 0.6) is 0 Å². The van der Waals surface area contributed by atoms with Crippen molar-refractivity contribution in [2.24, 2.45) is 0 Å². The summed E-state index contributed by atoms with van der Waals surface area (Å²) in [6, 6.07) is 9.47. The average molecular weight is 300 g/mol. The molecule has 0 bridgehead atoms. The Bertz CT molecular complexity index is 482. The molecule has 0 aliphatic heterocycles. The van der Waals surface area contributed by atoms with Gasteiger partial charge in [0.1, 0.15) is 0 Å². The molecular formula is C14H24O3SSi. The molecule has 0 N–H and O–H groups in total. The zero-order chi connectivity index (χ0) is 14.5. The molecule has 0 saturated heterocycles. The molecule has 0 fully saturated rings. The molecule has 0 amide bonds. The number of hydrogen-bond acceptors (Lipinski definition) is 3. The Balaban J connectivity index is 3.03. The third-order valence-electron chi connectivity index (χ3n) is 3.84. The van der Waals surface area contributed by atoms with Crippen molar-refractivity contribution >= 4 is 18.4 Å². The highest BCUT2D eigenvalue weighted by Crippen LogP contribution is 2.27. The van der Waals surface area contributed by atoms with Crippen LogP contribution < -0.4 is 0 Å². The molecule has 0 aliphatic carbocycles. The summed E-state index contributed by atoms with van der Waals surface area (Å²) in [4.78, 5) is 0.275. The van der Waals surface area contributed by atoms with Crippen LogP contribution in [-0.4, -0.2) is 16.7 Å². The van der Waals surface area contributed by atoms with Gasteiger partial charge in [0.15, 0.2) is 0 Å². The molecule has 1 rings (SSSR count). The maximum absolute atomic E-state index is 12.3. The van der Waals surface area contributed by atoms with Crippen molar-refractivity contribution < 1.29 is 12.3 Å². The van der Waals surface area contributed by atoms with E-state index in [0.717, 1.165) is 30.1 Å². The first-order valence-corrected chi connectivity index (χ1v) is 10.9. The summed E-state index contributed by atoms with van der Waals surface area (Å²) in [6.07, 6.45) is 0.902. The van der Waals surface area contributed by atoms with Crippen LogP contribution in [0.4, 0.5) is 0 Å². The van der Waals surface area contributed by atoms with Gasteiger partial charge in [-0.1, -0.05) is 39.8 Å². The Morgan fingerprint density at radius 2 is 1.42 bits per heavy atom. The van der Waals surface area contributed by atoms with Crippen molar-refractivity contribution in [2.75, 3.05) is 0 Å². The van der Waals surface area contributed by atoms with Gasteiger partial charge in [-0.3, -0.25) is 0 Å². The van der Waals surface area contributed by atoms with E-state index in [-0.39, 0.29) is 4.90 Å². The summed E-state index contributed by atoms with van der Waals surface area (Å²) in [7, 11) is -5.76. The molecule has 5 heteroatoms. The van der Waals surface area contributed by atoms with Crippen LogP contribution in [0.1, 0.15) is 33.3 Å². The molecule has 1 aromatic carbocycles. The molecular weight excluding hydrogens is 276 g/mol. The minimum atomic E-state index is -3.62. The van der Waals surface area contributed by atoms with Gasteiger partial charge in [-0.2, -0.15) is 8.42 Å².